The van der Waals surface area contributed by atoms with Crippen molar-refractivity contribution in [2.75, 3.05) is 52.7 Å². The molecule has 28 heavy (non-hydrogen) atoms. The van der Waals surface area contributed by atoms with E-state index in [9.17, 15) is 9.59 Å². The maximum absolute atomic E-state index is 13.2. The van der Waals surface area contributed by atoms with Gasteiger partial charge in [-0.15, -0.1) is 0 Å². The molecule has 2 aliphatic rings. The van der Waals surface area contributed by atoms with Gasteiger partial charge in [0.15, 0.2) is 0 Å². The smallest absolute Gasteiger partial charge is 0.277 e. The molecule has 2 amide bonds. The van der Waals surface area contributed by atoms with Crippen LogP contribution in [0.5, 0.6) is 5.75 Å². The van der Waals surface area contributed by atoms with Crippen LogP contribution in [0.25, 0.3) is 5.57 Å². The van der Waals surface area contributed by atoms with Gasteiger partial charge in [-0.05, 0) is 38.0 Å². The molecule has 0 atom stereocenters. The first-order valence-electron chi connectivity index (χ1n) is 9.91. The maximum atomic E-state index is 13.2. The number of morpholine rings is 1. The Hall–Kier alpha value is -2.38. The molecule has 0 N–H and O–H groups in total. The topological polar surface area (TPSA) is 68.3 Å². The number of benzene rings is 1. The number of carbonyl (C=O) groups excluding carboxylic acids is 2. The number of hydrogen-bond donors (Lipinski definition) is 0. The molecule has 0 saturated carbocycles. The Morgan fingerprint density at radius 2 is 1.71 bits per heavy atom. The highest BCUT2D eigenvalue weighted by molar-refractivity contribution is 6.35. The zero-order valence-electron chi connectivity index (χ0n) is 16.6. The molecule has 0 aromatic heterocycles. The lowest BCUT2D eigenvalue weighted by atomic mass is 10.0. The van der Waals surface area contributed by atoms with Crippen molar-refractivity contribution in [2.24, 2.45) is 0 Å². The Morgan fingerprint density at radius 1 is 1.00 bits per heavy atom. The number of carbonyl (C=O) groups is 2. The third-order valence-electron chi connectivity index (χ3n) is 4.80. The molecule has 0 aliphatic carbocycles. The van der Waals surface area contributed by atoms with Gasteiger partial charge in [-0.1, -0.05) is 12.1 Å². The minimum absolute atomic E-state index is 0.229. The predicted octanol–water partition coefficient (Wildman–Crippen LogP) is 1.92. The average Bonchev–Trinajstić information content (AvgIpc) is 2.97. The van der Waals surface area contributed by atoms with Crippen molar-refractivity contribution in [3.63, 3.8) is 0 Å². The van der Waals surface area contributed by atoms with Gasteiger partial charge in [0.2, 0.25) is 0 Å². The lowest BCUT2D eigenvalue weighted by molar-refractivity contribution is -0.138. The molecule has 3 rings (SSSR count). The minimum Gasteiger partial charge on any atom is -0.494 e. The second-order valence-electron chi connectivity index (χ2n) is 6.59. The lowest BCUT2D eigenvalue weighted by Crippen LogP contribution is -2.40. The van der Waals surface area contributed by atoms with Crippen LogP contribution in [0.1, 0.15) is 25.8 Å². The zero-order valence-corrected chi connectivity index (χ0v) is 16.6. The summed E-state index contributed by atoms with van der Waals surface area (Å²) in [6.45, 7) is 8.22. The van der Waals surface area contributed by atoms with Crippen LogP contribution in [0.2, 0.25) is 0 Å². The number of amides is 2. The summed E-state index contributed by atoms with van der Waals surface area (Å²) < 4.78 is 16.3. The van der Waals surface area contributed by atoms with E-state index in [-0.39, 0.29) is 11.8 Å². The molecule has 1 saturated heterocycles. The molecular weight excluding hydrogens is 360 g/mol. The number of ether oxygens (including phenoxy) is 3. The fourth-order valence-corrected chi connectivity index (χ4v) is 3.46. The Balaban J connectivity index is 1.89. The summed E-state index contributed by atoms with van der Waals surface area (Å²) in [5.74, 6) is 0.268. The molecule has 0 radical (unpaired) electrons. The third kappa shape index (κ3) is 4.36. The summed E-state index contributed by atoms with van der Waals surface area (Å²) in [5, 5.41) is 0. The van der Waals surface area contributed by atoms with E-state index in [1.54, 1.807) is 0 Å². The fraction of sp³-hybridized carbons (Fsp3) is 0.524. The summed E-state index contributed by atoms with van der Waals surface area (Å²) in [4.78, 5) is 29.6. The van der Waals surface area contributed by atoms with Crippen molar-refractivity contribution >= 4 is 17.4 Å². The largest absolute Gasteiger partial charge is 0.494 e. The second-order valence-corrected chi connectivity index (χ2v) is 6.59. The summed E-state index contributed by atoms with van der Waals surface area (Å²) in [6.07, 6.45) is 0.623. The highest BCUT2D eigenvalue weighted by atomic mass is 16.5. The standard InChI is InChI=1S/C21H28N2O5/c1-3-26-13-5-10-23-20(24)18(16-6-8-17(9-7-16)28-4-2)19(21(23)25)22-11-14-27-15-12-22/h6-9H,3-5,10-15H2,1-2H3. The van der Waals surface area contributed by atoms with Gasteiger partial charge >= 0.3 is 0 Å². The number of imide groups is 1. The molecule has 0 unspecified atom stereocenters. The molecule has 7 nitrogen and oxygen atoms in total. The van der Waals surface area contributed by atoms with E-state index >= 15 is 0 Å². The Kier molecular flexibility index (Phi) is 7.06. The normalized spacial score (nSPS) is 17.6. The molecule has 1 aromatic carbocycles. The van der Waals surface area contributed by atoms with E-state index in [0.717, 1.165) is 11.3 Å². The molecule has 0 spiro atoms. The number of nitrogens with zero attached hydrogens (tertiary/aromatic N) is 2. The second kappa shape index (κ2) is 9.71. The van der Waals surface area contributed by atoms with Crippen molar-refractivity contribution < 1.29 is 23.8 Å². The summed E-state index contributed by atoms with van der Waals surface area (Å²) in [5.41, 5.74) is 1.68. The summed E-state index contributed by atoms with van der Waals surface area (Å²) >= 11 is 0. The van der Waals surface area contributed by atoms with Gasteiger partial charge < -0.3 is 19.1 Å². The van der Waals surface area contributed by atoms with E-state index < -0.39 is 0 Å². The monoisotopic (exact) mass is 388 g/mol. The Labute approximate surface area is 165 Å². The molecule has 2 aliphatic heterocycles. The molecule has 0 bridgehead atoms. The first-order valence-corrected chi connectivity index (χ1v) is 9.91. The molecular formula is C21H28N2O5. The van der Waals surface area contributed by atoms with Crippen LogP contribution in [0.15, 0.2) is 30.0 Å². The van der Waals surface area contributed by atoms with Crippen LogP contribution in [-0.2, 0) is 19.1 Å². The molecule has 152 valence electrons. The molecule has 1 aromatic rings. The van der Waals surface area contributed by atoms with Gasteiger partial charge in [0.25, 0.3) is 11.8 Å². The first kappa shape index (κ1) is 20.4. The quantitative estimate of drug-likeness (QED) is 0.476. The van der Waals surface area contributed by atoms with Crippen molar-refractivity contribution in [1.29, 1.82) is 0 Å². The van der Waals surface area contributed by atoms with Crippen molar-refractivity contribution in [3.05, 3.63) is 35.5 Å². The summed E-state index contributed by atoms with van der Waals surface area (Å²) in [7, 11) is 0. The van der Waals surface area contributed by atoms with E-state index in [1.165, 1.54) is 4.90 Å². The van der Waals surface area contributed by atoms with E-state index in [4.69, 9.17) is 14.2 Å². The van der Waals surface area contributed by atoms with E-state index in [1.807, 2.05) is 43.0 Å². The van der Waals surface area contributed by atoms with Crippen LogP contribution in [-0.4, -0.2) is 74.3 Å². The summed E-state index contributed by atoms with van der Waals surface area (Å²) in [6, 6.07) is 7.35. The first-order chi connectivity index (χ1) is 13.7. The lowest BCUT2D eigenvalue weighted by Gasteiger charge is -2.29. The zero-order chi connectivity index (χ0) is 19.9. The van der Waals surface area contributed by atoms with Crippen molar-refractivity contribution in [1.82, 2.24) is 9.80 Å². The Morgan fingerprint density at radius 3 is 2.36 bits per heavy atom. The van der Waals surface area contributed by atoms with Crippen molar-refractivity contribution in [2.45, 2.75) is 20.3 Å². The number of rotatable bonds is 9. The minimum atomic E-state index is -0.243. The third-order valence-corrected chi connectivity index (χ3v) is 4.80. The SMILES string of the molecule is CCOCCCN1C(=O)C(c2ccc(OCC)cc2)=C(N2CCOCC2)C1=O. The van der Waals surface area contributed by atoms with Gasteiger partial charge in [-0.2, -0.15) is 0 Å². The van der Waals surface area contributed by atoms with Crippen LogP contribution < -0.4 is 4.74 Å². The van der Waals surface area contributed by atoms with Gasteiger partial charge in [-0.3, -0.25) is 14.5 Å². The highest BCUT2D eigenvalue weighted by Crippen LogP contribution is 2.33. The van der Waals surface area contributed by atoms with Gasteiger partial charge in [0.1, 0.15) is 11.4 Å². The van der Waals surface area contributed by atoms with Crippen LogP contribution in [0.3, 0.4) is 0 Å². The Bertz CT molecular complexity index is 723. The van der Waals surface area contributed by atoms with Crippen LogP contribution in [0.4, 0.5) is 0 Å². The van der Waals surface area contributed by atoms with Crippen LogP contribution >= 0.6 is 0 Å². The van der Waals surface area contributed by atoms with Gasteiger partial charge in [0.05, 0.1) is 25.4 Å². The molecule has 7 heteroatoms. The average molecular weight is 388 g/mol. The van der Waals surface area contributed by atoms with Gasteiger partial charge in [0, 0.05) is 32.8 Å². The van der Waals surface area contributed by atoms with E-state index in [0.29, 0.717) is 70.4 Å². The molecule has 2 heterocycles. The number of hydrogen-bond acceptors (Lipinski definition) is 6. The van der Waals surface area contributed by atoms with Crippen molar-refractivity contribution in [3.8, 4) is 5.75 Å². The van der Waals surface area contributed by atoms with E-state index in [2.05, 4.69) is 0 Å². The van der Waals surface area contributed by atoms with Gasteiger partial charge in [-0.25, -0.2) is 0 Å². The predicted molar refractivity (Wildman–Crippen MR) is 105 cm³/mol. The van der Waals surface area contributed by atoms with Crippen LogP contribution in [0, 0.1) is 0 Å². The highest BCUT2D eigenvalue weighted by Gasteiger charge is 2.41. The fourth-order valence-electron chi connectivity index (χ4n) is 3.46. The molecule has 1 fully saturated rings. The maximum Gasteiger partial charge on any atom is 0.277 e.